The second kappa shape index (κ2) is 6.03. The number of anilines is 1. The van der Waals surface area contributed by atoms with Crippen molar-refractivity contribution in [3.05, 3.63) is 29.3 Å². The van der Waals surface area contributed by atoms with Crippen LogP contribution in [0.5, 0.6) is 0 Å². The van der Waals surface area contributed by atoms with E-state index in [1.807, 2.05) is 6.92 Å². The van der Waals surface area contributed by atoms with Crippen LogP contribution in [0.3, 0.4) is 0 Å². The third kappa shape index (κ3) is 3.36. The summed E-state index contributed by atoms with van der Waals surface area (Å²) in [6, 6.07) is 4.91. The van der Waals surface area contributed by atoms with Gasteiger partial charge in [0.05, 0.1) is 11.9 Å². The molecule has 0 saturated heterocycles. The van der Waals surface area contributed by atoms with E-state index in [0.29, 0.717) is 30.6 Å². The molecule has 6 nitrogen and oxygen atoms in total. The molecular weight excluding hydrogens is 292 g/mol. The number of benzene rings is 1. The lowest BCUT2D eigenvalue weighted by Gasteiger charge is -2.21. The van der Waals surface area contributed by atoms with Gasteiger partial charge in [0.15, 0.2) is 0 Å². The van der Waals surface area contributed by atoms with Crippen molar-refractivity contribution >= 4 is 21.6 Å². The van der Waals surface area contributed by atoms with Crippen LogP contribution in [0.25, 0.3) is 0 Å². The zero-order valence-corrected chi connectivity index (χ0v) is 13.0. The van der Waals surface area contributed by atoms with E-state index >= 15 is 0 Å². The Bertz CT molecular complexity index is 642. The summed E-state index contributed by atoms with van der Waals surface area (Å²) < 4.78 is 25.0. The lowest BCUT2D eigenvalue weighted by atomic mass is 10.1. The van der Waals surface area contributed by atoms with Gasteiger partial charge >= 0.3 is 0 Å². The van der Waals surface area contributed by atoms with E-state index in [4.69, 9.17) is 5.11 Å². The Morgan fingerprint density at radius 2 is 2.19 bits per heavy atom. The molecule has 7 heteroatoms. The summed E-state index contributed by atoms with van der Waals surface area (Å²) in [6.07, 6.45) is 2.30. The normalized spacial score (nSPS) is 17.7. The molecule has 0 saturated carbocycles. The van der Waals surface area contributed by atoms with E-state index in [1.54, 1.807) is 18.2 Å². The molecule has 2 rings (SSSR count). The molecule has 21 heavy (non-hydrogen) atoms. The van der Waals surface area contributed by atoms with Crippen molar-refractivity contribution in [2.75, 3.05) is 23.7 Å². The second-order valence-corrected chi connectivity index (χ2v) is 7.15. The number of sulfonamides is 1. The number of carbonyl (C=O) groups is 1. The number of hydrogen-bond acceptors (Lipinski definition) is 4. The molecule has 116 valence electrons. The van der Waals surface area contributed by atoms with Crippen molar-refractivity contribution in [2.24, 2.45) is 0 Å². The zero-order valence-electron chi connectivity index (χ0n) is 12.2. The van der Waals surface area contributed by atoms with Crippen LogP contribution < -0.4 is 9.62 Å². The molecule has 2 N–H and O–H groups in total. The molecule has 0 fully saturated rings. The first kappa shape index (κ1) is 15.8. The molecule has 1 amide bonds. The highest BCUT2D eigenvalue weighted by Gasteiger charge is 2.32. The lowest BCUT2D eigenvalue weighted by molar-refractivity contribution is 0.0951. The molecule has 1 aromatic carbocycles. The van der Waals surface area contributed by atoms with E-state index in [1.165, 1.54) is 10.6 Å². The Hall–Kier alpha value is -1.60. The molecule has 0 aromatic heterocycles. The Morgan fingerprint density at radius 3 is 2.81 bits per heavy atom. The molecule has 1 aromatic rings. The average molecular weight is 312 g/mol. The number of nitrogens with zero attached hydrogens (tertiary/aromatic N) is 1. The van der Waals surface area contributed by atoms with Gasteiger partial charge in [-0.2, -0.15) is 0 Å². The Balaban J connectivity index is 2.22. The Kier molecular flexibility index (Phi) is 4.53. The fourth-order valence-corrected chi connectivity index (χ4v) is 3.90. The monoisotopic (exact) mass is 312 g/mol. The van der Waals surface area contributed by atoms with Gasteiger partial charge in [-0.25, -0.2) is 8.42 Å². The van der Waals surface area contributed by atoms with Crippen LogP contribution in [0.1, 0.15) is 29.3 Å². The molecular formula is C14H20N2O4S. The molecule has 1 aliphatic rings. The summed E-state index contributed by atoms with van der Waals surface area (Å²) in [6.45, 7) is 2.30. The molecule has 1 unspecified atom stereocenters. The van der Waals surface area contributed by atoms with Gasteiger partial charge in [-0.1, -0.05) is 0 Å². The fraction of sp³-hybridized carbons (Fsp3) is 0.500. The minimum Gasteiger partial charge on any atom is -0.396 e. The van der Waals surface area contributed by atoms with Gasteiger partial charge in [-0.15, -0.1) is 0 Å². The molecule has 1 heterocycles. The van der Waals surface area contributed by atoms with E-state index in [2.05, 4.69) is 5.32 Å². The SMILES string of the molecule is CC1Cc2cc(C(=O)NCCCO)ccc2N1S(C)(=O)=O. The number of fused-ring (bicyclic) bond motifs is 1. The van der Waals surface area contributed by atoms with E-state index < -0.39 is 10.0 Å². The number of aliphatic hydroxyl groups excluding tert-OH is 1. The van der Waals surface area contributed by atoms with Crippen LogP contribution in [-0.4, -0.2) is 44.9 Å². The second-order valence-electron chi connectivity index (χ2n) is 5.29. The first-order valence-electron chi connectivity index (χ1n) is 6.86. The predicted molar refractivity (Wildman–Crippen MR) is 81.0 cm³/mol. The van der Waals surface area contributed by atoms with E-state index in [-0.39, 0.29) is 18.6 Å². The van der Waals surface area contributed by atoms with Crippen molar-refractivity contribution in [1.29, 1.82) is 0 Å². The zero-order chi connectivity index (χ0) is 15.6. The molecule has 0 aliphatic carbocycles. The lowest BCUT2D eigenvalue weighted by Crippen LogP contribution is -2.34. The quantitative estimate of drug-likeness (QED) is 0.776. The number of rotatable bonds is 5. The summed E-state index contributed by atoms with van der Waals surface area (Å²) in [5, 5.41) is 11.4. The maximum Gasteiger partial charge on any atom is 0.251 e. The number of carbonyl (C=O) groups excluding carboxylic acids is 1. The maximum atomic E-state index is 12.0. The molecule has 1 atom stereocenters. The Labute approximate surface area is 124 Å². The number of nitrogens with one attached hydrogen (secondary N) is 1. The van der Waals surface area contributed by atoms with Crippen LogP contribution in [0.2, 0.25) is 0 Å². The topological polar surface area (TPSA) is 86.7 Å². The highest BCUT2D eigenvalue weighted by Crippen LogP contribution is 2.34. The standard InChI is InChI=1S/C14H20N2O4S/c1-10-8-12-9-11(14(18)15-6-3-7-17)4-5-13(12)16(10)21(2,19)20/h4-5,9-10,17H,3,6-8H2,1-2H3,(H,15,18). The summed E-state index contributed by atoms with van der Waals surface area (Å²) in [4.78, 5) is 12.0. The largest absolute Gasteiger partial charge is 0.396 e. The van der Waals surface area contributed by atoms with E-state index in [0.717, 1.165) is 5.56 Å². The van der Waals surface area contributed by atoms with Crippen LogP contribution in [0, 0.1) is 0 Å². The summed E-state index contributed by atoms with van der Waals surface area (Å²) in [5.41, 5.74) is 2.02. The van der Waals surface area contributed by atoms with Gasteiger partial charge < -0.3 is 10.4 Å². The number of amides is 1. The van der Waals surface area contributed by atoms with Crippen LogP contribution >= 0.6 is 0 Å². The minimum absolute atomic E-state index is 0.0330. The van der Waals surface area contributed by atoms with Crippen molar-refractivity contribution in [3.63, 3.8) is 0 Å². The van der Waals surface area contributed by atoms with Gasteiger partial charge in [-0.3, -0.25) is 9.10 Å². The summed E-state index contributed by atoms with van der Waals surface area (Å²) in [7, 11) is -3.31. The Morgan fingerprint density at radius 1 is 1.48 bits per heavy atom. The third-order valence-corrected chi connectivity index (χ3v) is 4.74. The maximum absolute atomic E-state index is 12.0. The van der Waals surface area contributed by atoms with Gasteiger partial charge in [0.2, 0.25) is 10.0 Å². The van der Waals surface area contributed by atoms with Crippen molar-refractivity contribution in [1.82, 2.24) is 5.32 Å². The highest BCUT2D eigenvalue weighted by atomic mass is 32.2. The molecule has 0 spiro atoms. The van der Waals surface area contributed by atoms with Gasteiger partial charge in [0, 0.05) is 24.8 Å². The third-order valence-electron chi connectivity index (χ3n) is 3.47. The van der Waals surface area contributed by atoms with Gasteiger partial charge in [0.25, 0.3) is 5.91 Å². The van der Waals surface area contributed by atoms with Crippen molar-refractivity contribution < 1.29 is 18.3 Å². The minimum atomic E-state index is -3.31. The predicted octanol–water partition coefficient (Wildman–Crippen LogP) is 0.509. The number of hydrogen-bond donors (Lipinski definition) is 2. The van der Waals surface area contributed by atoms with Crippen LogP contribution in [0.4, 0.5) is 5.69 Å². The fourth-order valence-electron chi connectivity index (χ4n) is 2.63. The summed E-state index contributed by atoms with van der Waals surface area (Å²) >= 11 is 0. The first-order valence-corrected chi connectivity index (χ1v) is 8.71. The van der Waals surface area contributed by atoms with Crippen molar-refractivity contribution in [2.45, 2.75) is 25.8 Å². The van der Waals surface area contributed by atoms with Crippen LogP contribution in [-0.2, 0) is 16.4 Å². The average Bonchev–Trinajstić information content (AvgIpc) is 2.73. The van der Waals surface area contributed by atoms with Crippen molar-refractivity contribution in [3.8, 4) is 0 Å². The summed E-state index contributed by atoms with van der Waals surface area (Å²) in [5.74, 6) is -0.211. The highest BCUT2D eigenvalue weighted by molar-refractivity contribution is 7.92. The van der Waals surface area contributed by atoms with Crippen LogP contribution in [0.15, 0.2) is 18.2 Å². The number of aliphatic hydroxyl groups is 1. The van der Waals surface area contributed by atoms with Gasteiger partial charge in [0.1, 0.15) is 0 Å². The first-order chi connectivity index (χ1) is 9.84. The van der Waals surface area contributed by atoms with Gasteiger partial charge in [-0.05, 0) is 43.5 Å². The molecule has 1 aliphatic heterocycles. The molecule has 0 bridgehead atoms. The van der Waals surface area contributed by atoms with E-state index in [9.17, 15) is 13.2 Å². The smallest absolute Gasteiger partial charge is 0.251 e. The molecule has 0 radical (unpaired) electrons.